The molecule has 132 valence electrons. The molecule has 0 spiro atoms. The van der Waals surface area contributed by atoms with Crippen molar-refractivity contribution in [3.63, 3.8) is 0 Å². The fourth-order valence-electron chi connectivity index (χ4n) is 2.43. The van der Waals surface area contributed by atoms with Gasteiger partial charge in [-0.1, -0.05) is 52.2 Å². The quantitative estimate of drug-likeness (QED) is 0.549. The summed E-state index contributed by atoms with van der Waals surface area (Å²) in [5.74, 6) is 0. The summed E-state index contributed by atoms with van der Waals surface area (Å²) < 4.78 is 0. The van der Waals surface area contributed by atoms with Crippen molar-refractivity contribution in [2.45, 2.75) is 78.6 Å². The lowest BCUT2D eigenvalue weighted by atomic mass is 10.1. The lowest BCUT2D eigenvalue weighted by Crippen LogP contribution is -1.95. The molecule has 0 aliphatic rings. The Morgan fingerprint density at radius 3 is 1.58 bits per heavy atom. The molecule has 2 aromatic heterocycles. The Morgan fingerprint density at radius 2 is 1.12 bits per heavy atom. The lowest BCUT2D eigenvalue weighted by Gasteiger charge is -2.03. The van der Waals surface area contributed by atoms with E-state index in [9.17, 15) is 0 Å². The monoisotopic (exact) mass is 326 g/mol. The normalized spacial score (nSPS) is 10.1. The summed E-state index contributed by atoms with van der Waals surface area (Å²) in [5, 5.41) is 0. The molecule has 2 rings (SSSR count). The third-order valence-corrected chi connectivity index (χ3v) is 3.95. The minimum absolute atomic E-state index is 1.12. The first-order valence-electron chi connectivity index (χ1n) is 9.64. The molecule has 0 N–H and O–H groups in total. The van der Waals surface area contributed by atoms with Crippen LogP contribution in [0.25, 0.3) is 0 Å². The van der Waals surface area contributed by atoms with Gasteiger partial charge in [0, 0.05) is 23.3 Å². The van der Waals surface area contributed by atoms with Crippen LogP contribution in [0.4, 0.5) is 0 Å². The van der Waals surface area contributed by atoms with E-state index in [0.717, 1.165) is 19.3 Å². The summed E-state index contributed by atoms with van der Waals surface area (Å²) >= 11 is 0. The molecule has 0 bridgehead atoms. The Balaban J connectivity index is 0.000000254. The number of aromatic nitrogens is 2. The second-order valence-corrected chi connectivity index (χ2v) is 6.25. The smallest absolute Gasteiger partial charge is 0.0406 e. The largest absolute Gasteiger partial charge is 0.261 e. The van der Waals surface area contributed by atoms with E-state index in [4.69, 9.17) is 0 Å². The first kappa shape index (κ1) is 20.3. The van der Waals surface area contributed by atoms with Gasteiger partial charge in [-0.15, -0.1) is 0 Å². The topological polar surface area (TPSA) is 25.8 Å². The molecule has 0 unspecified atom stereocenters. The molecule has 0 saturated carbocycles. The average molecular weight is 327 g/mol. The molecular weight excluding hydrogens is 292 g/mol. The van der Waals surface area contributed by atoms with E-state index >= 15 is 0 Å². The van der Waals surface area contributed by atoms with E-state index in [2.05, 4.69) is 55.0 Å². The summed E-state index contributed by atoms with van der Waals surface area (Å²) in [6.45, 7) is 6.64. The minimum atomic E-state index is 1.12. The summed E-state index contributed by atoms with van der Waals surface area (Å²) in [5.41, 5.74) is 3.74. The number of pyridine rings is 2. The van der Waals surface area contributed by atoms with Crippen molar-refractivity contribution in [2.75, 3.05) is 0 Å². The molecule has 0 amide bonds. The average Bonchev–Trinajstić information content (AvgIpc) is 2.65. The van der Waals surface area contributed by atoms with Gasteiger partial charge < -0.3 is 0 Å². The lowest BCUT2D eigenvalue weighted by molar-refractivity contribution is 0.746. The number of rotatable bonds is 9. The van der Waals surface area contributed by atoms with Crippen LogP contribution < -0.4 is 0 Å². The molecule has 0 saturated heterocycles. The predicted octanol–water partition coefficient (Wildman–Crippen LogP) is 6.19. The summed E-state index contributed by atoms with van der Waals surface area (Å²) in [6.07, 6.45) is 12.7. The Bertz CT molecular complexity index is 499. The van der Waals surface area contributed by atoms with Crippen LogP contribution >= 0.6 is 0 Å². The van der Waals surface area contributed by atoms with E-state index in [-0.39, 0.29) is 0 Å². The van der Waals surface area contributed by atoms with E-state index in [0.29, 0.717) is 0 Å². The van der Waals surface area contributed by atoms with E-state index < -0.39 is 0 Å². The van der Waals surface area contributed by atoms with Crippen LogP contribution in [0.2, 0.25) is 0 Å². The van der Waals surface area contributed by atoms with Gasteiger partial charge >= 0.3 is 0 Å². The van der Waals surface area contributed by atoms with Crippen molar-refractivity contribution in [1.82, 2.24) is 9.97 Å². The highest BCUT2D eigenvalue weighted by Gasteiger charge is 1.97. The maximum absolute atomic E-state index is 4.65. The maximum Gasteiger partial charge on any atom is 0.0406 e. The van der Waals surface area contributed by atoms with Gasteiger partial charge in [0.15, 0.2) is 0 Å². The van der Waals surface area contributed by atoms with Gasteiger partial charge in [0.2, 0.25) is 0 Å². The molecule has 0 fully saturated rings. The third-order valence-electron chi connectivity index (χ3n) is 3.95. The van der Waals surface area contributed by atoms with Crippen LogP contribution in [0.15, 0.2) is 42.6 Å². The predicted molar refractivity (Wildman–Crippen MR) is 104 cm³/mol. The Labute approximate surface area is 148 Å². The first-order valence-corrected chi connectivity index (χ1v) is 9.64. The van der Waals surface area contributed by atoms with Crippen molar-refractivity contribution < 1.29 is 0 Å². The second-order valence-electron chi connectivity index (χ2n) is 6.25. The van der Waals surface area contributed by atoms with Crippen LogP contribution in [0.5, 0.6) is 0 Å². The second kappa shape index (κ2) is 13.7. The van der Waals surface area contributed by atoms with Gasteiger partial charge in [0.05, 0.1) is 0 Å². The standard InChI is InChI=1S/C13H21N.C9H13N/c1-3-5-8-12-10-7-11-13(14-12)9-6-4-2;1-2-3-6-9-7-4-5-8-10-9/h7,10-11H,3-6,8-9H2,1-2H3;4-5,7-8H,2-3,6H2,1H3. The molecule has 0 aliphatic heterocycles. The molecule has 24 heavy (non-hydrogen) atoms. The number of aryl methyl sites for hydroxylation is 3. The van der Waals surface area contributed by atoms with Gasteiger partial charge in [-0.2, -0.15) is 0 Å². The zero-order valence-electron chi connectivity index (χ0n) is 15.8. The van der Waals surface area contributed by atoms with Gasteiger partial charge in [-0.3, -0.25) is 9.97 Å². The molecular formula is C22H34N2. The van der Waals surface area contributed by atoms with Crippen LogP contribution in [0, 0.1) is 0 Å². The summed E-state index contributed by atoms with van der Waals surface area (Å²) in [6, 6.07) is 12.5. The molecule has 2 heteroatoms. The van der Waals surface area contributed by atoms with Gasteiger partial charge in [-0.05, 0) is 62.8 Å². The zero-order chi connectivity index (χ0) is 17.5. The molecule has 0 aromatic carbocycles. The fourth-order valence-corrected chi connectivity index (χ4v) is 2.43. The summed E-state index contributed by atoms with van der Waals surface area (Å²) in [7, 11) is 0. The van der Waals surface area contributed by atoms with Crippen LogP contribution in [0.3, 0.4) is 0 Å². The zero-order valence-corrected chi connectivity index (χ0v) is 15.8. The fraction of sp³-hybridized carbons (Fsp3) is 0.545. The van der Waals surface area contributed by atoms with Crippen LogP contribution in [-0.4, -0.2) is 9.97 Å². The van der Waals surface area contributed by atoms with E-state index in [1.165, 1.54) is 55.6 Å². The molecule has 2 aromatic rings. The van der Waals surface area contributed by atoms with Gasteiger partial charge in [0.25, 0.3) is 0 Å². The van der Waals surface area contributed by atoms with Crippen molar-refractivity contribution in [2.24, 2.45) is 0 Å². The Morgan fingerprint density at radius 1 is 0.625 bits per heavy atom. The number of hydrogen-bond acceptors (Lipinski definition) is 2. The van der Waals surface area contributed by atoms with E-state index in [1.54, 1.807) is 0 Å². The number of unbranched alkanes of at least 4 members (excludes halogenated alkanes) is 3. The third kappa shape index (κ3) is 9.44. The highest BCUT2D eigenvalue weighted by molar-refractivity contribution is 5.11. The molecule has 0 radical (unpaired) electrons. The first-order chi connectivity index (χ1) is 11.8. The SMILES string of the molecule is CCCCc1cccc(CCCC)n1.CCCCc1ccccn1. The van der Waals surface area contributed by atoms with Crippen molar-refractivity contribution in [3.05, 3.63) is 59.7 Å². The van der Waals surface area contributed by atoms with Crippen molar-refractivity contribution >= 4 is 0 Å². The summed E-state index contributed by atoms with van der Waals surface area (Å²) in [4.78, 5) is 8.86. The van der Waals surface area contributed by atoms with Crippen LogP contribution in [-0.2, 0) is 19.3 Å². The highest BCUT2D eigenvalue weighted by atomic mass is 14.7. The highest BCUT2D eigenvalue weighted by Crippen LogP contribution is 2.06. The number of hydrogen-bond donors (Lipinski definition) is 0. The molecule has 0 atom stereocenters. The molecule has 0 aliphatic carbocycles. The van der Waals surface area contributed by atoms with Crippen molar-refractivity contribution in [3.8, 4) is 0 Å². The van der Waals surface area contributed by atoms with Crippen LogP contribution in [0.1, 0.15) is 76.4 Å². The molecule has 2 heterocycles. The van der Waals surface area contributed by atoms with E-state index in [1.807, 2.05) is 18.3 Å². The molecule has 2 nitrogen and oxygen atoms in total. The van der Waals surface area contributed by atoms with Gasteiger partial charge in [-0.25, -0.2) is 0 Å². The van der Waals surface area contributed by atoms with Crippen molar-refractivity contribution in [1.29, 1.82) is 0 Å². The number of nitrogens with zero attached hydrogens (tertiary/aromatic N) is 2. The minimum Gasteiger partial charge on any atom is -0.261 e. The Hall–Kier alpha value is -1.70. The Kier molecular flexibility index (Phi) is 11.6. The maximum atomic E-state index is 4.65. The van der Waals surface area contributed by atoms with Gasteiger partial charge in [0.1, 0.15) is 0 Å².